The number of para-hydroxylation sites is 8. The van der Waals surface area contributed by atoms with Crippen LogP contribution in [0.3, 0.4) is 0 Å². The van der Waals surface area contributed by atoms with Crippen LogP contribution in [0, 0.1) is 13.8 Å². The van der Waals surface area contributed by atoms with Crippen molar-refractivity contribution in [3.05, 3.63) is 266 Å². The van der Waals surface area contributed by atoms with Gasteiger partial charge in [-0.15, -0.1) is 0 Å². The van der Waals surface area contributed by atoms with E-state index in [-0.39, 0.29) is 13.4 Å². The number of fused-ring (bicyclic) bond motifs is 8. The van der Waals surface area contributed by atoms with Crippen molar-refractivity contribution in [3.63, 3.8) is 0 Å². The Hall–Kier alpha value is -9.65. The van der Waals surface area contributed by atoms with E-state index in [0.717, 1.165) is 34.1 Å². The highest BCUT2D eigenvalue weighted by Gasteiger charge is 2.49. The SMILES string of the molecule is Cc1ccccc1N(c1cc2c3c(c1)N(c1ccccc1)c1cc4c(cc1B3c1ccccc1N2c1ccccc1)B1c2ccccc2N(c2ccccc2)c2cc(N(C3CCCCC3)C3CCCCC3)cc(c21)N4c1ccccc1)c1ccccc1C. The van der Waals surface area contributed by atoms with Gasteiger partial charge in [-0.3, -0.25) is 0 Å². The zero-order valence-corrected chi connectivity index (χ0v) is 50.3. The number of hydrogen-bond donors (Lipinski definition) is 0. The minimum Gasteiger partial charge on any atom is -0.365 e. The van der Waals surface area contributed by atoms with Gasteiger partial charge in [-0.05, 0) is 187 Å². The third-order valence-electron chi connectivity index (χ3n) is 20.3. The van der Waals surface area contributed by atoms with Crippen molar-refractivity contribution in [2.45, 2.75) is 90.1 Å². The molecule has 17 rings (SSSR count). The van der Waals surface area contributed by atoms with Crippen LogP contribution >= 0.6 is 0 Å². The summed E-state index contributed by atoms with van der Waals surface area (Å²) in [5, 5.41) is 0. The molecule has 0 radical (unpaired) electrons. The van der Waals surface area contributed by atoms with E-state index in [1.54, 1.807) is 0 Å². The lowest BCUT2D eigenvalue weighted by Crippen LogP contribution is -2.65. The predicted molar refractivity (Wildman–Crippen MR) is 375 cm³/mol. The first-order valence-electron chi connectivity index (χ1n) is 32.4. The van der Waals surface area contributed by atoms with Crippen LogP contribution in [0.2, 0.25) is 0 Å². The Morgan fingerprint density at radius 2 is 0.625 bits per heavy atom. The van der Waals surface area contributed by atoms with Gasteiger partial charge in [0.2, 0.25) is 0 Å². The zero-order chi connectivity index (χ0) is 58.4. The Bertz CT molecular complexity index is 4380. The summed E-state index contributed by atoms with van der Waals surface area (Å²) in [4.78, 5) is 15.9. The minimum atomic E-state index is -0.117. The first-order valence-corrected chi connectivity index (χ1v) is 32.4. The van der Waals surface area contributed by atoms with Gasteiger partial charge in [0.25, 0.3) is 13.4 Å². The van der Waals surface area contributed by atoms with Crippen LogP contribution < -0.4 is 62.2 Å². The summed E-state index contributed by atoms with van der Waals surface area (Å²) in [5.41, 5.74) is 29.4. The lowest BCUT2D eigenvalue weighted by molar-refractivity contribution is 0.340. The Kier molecular flexibility index (Phi) is 12.9. The summed E-state index contributed by atoms with van der Waals surface area (Å²) < 4.78 is 0. The van der Waals surface area contributed by atoms with E-state index in [1.165, 1.54) is 165 Å². The maximum absolute atomic E-state index is 2.97. The number of rotatable bonds is 10. The molecule has 11 aromatic rings. The molecule has 0 N–H and O–H groups in total. The Balaban J connectivity index is 0.984. The average Bonchev–Trinajstić information content (AvgIpc) is 0.725. The molecule has 6 aliphatic rings. The molecule has 8 heteroatoms. The first kappa shape index (κ1) is 52.7. The van der Waals surface area contributed by atoms with E-state index >= 15 is 0 Å². The molecular formula is C80H70B2N6. The van der Waals surface area contributed by atoms with E-state index < -0.39 is 0 Å². The lowest BCUT2D eigenvalue weighted by atomic mass is 9.30. The topological polar surface area (TPSA) is 19.4 Å². The number of nitrogens with zero attached hydrogens (tertiary/aromatic N) is 6. The number of aryl methyl sites for hydroxylation is 2. The molecule has 2 saturated carbocycles. The van der Waals surface area contributed by atoms with E-state index in [9.17, 15) is 0 Å². The van der Waals surface area contributed by atoms with Gasteiger partial charge in [-0.25, -0.2) is 0 Å². The fourth-order valence-corrected chi connectivity index (χ4v) is 16.5. The van der Waals surface area contributed by atoms with Crippen molar-refractivity contribution in [1.82, 2.24) is 0 Å². The van der Waals surface area contributed by atoms with Gasteiger partial charge >= 0.3 is 0 Å². The maximum Gasteiger partial charge on any atom is 0.252 e. The number of anilines is 16. The Labute approximate surface area is 519 Å². The Morgan fingerprint density at radius 1 is 0.295 bits per heavy atom. The highest BCUT2D eigenvalue weighted by molar-refractivity contribution is 7.03. The van der Waals surface area contributed by atoms with E-state index in [1.807, 2.05) is 0 Å². The third-order valence-corrected chi connectivity index (χ3v) is 20.3. The van der Waals surface area contributed by atoms with Crippen molar-refractivity contribution >= 4 is 137 Å². The van der Waals surface area contributed by atoms with E-state index in [4.69, 9.17) is 0 Å². The summed E-state index contributed by atoms with van der Waals surface area (Å²) in [6.45, 7) is 4.31. The van der Waals surface area contributed by atoms with Gasteiger partial charge in [0.15, 0.2) is 0 Å². The maximum atomic E-state index is 2.97. The average molecular weight is 1140 g/mol. The summed E-state index contributed by atoms with van der Waals surface area (Å²) >= 11 is 0. The second-order valence-corrected chi connectivity index (χ2v) is 25.3. The summed E-state index contributed by atoms with van der Waals surface area (Å²) in [7, 11) is 0. The Morgan fingerprint density at radius 3 is 1.01 bits per heavy atom. The normalized spacial score (nSPS) is 15.6. The number of benzene rings is 11. The van der Waals surface area contributed by atoms with Crippen LogP contribution in [0.25, 0.3) is 0 Å². The summed E-state index contributed by atoms with van der Waals surface area (Å²) in [5.74, 6) is 0. The zero-order valence-electron chi connectivity index (χ0n) is 50.3. The van der Waals surface area contributed by atoms with Crippen molar-refractivity contribution in [2.75, 3.05) is 29.4 Å². The molecule has 0 unspecified atom stereocenters. The monoisotopic (exact) mass is 1140 g/mol. The predicted octanol–water partition coefficient (Wildman–Crippen LogP) is 17.4. The summed E-state index contributed by atoms with van der Waals surface area (Å²) in [6.07, 6.45) is 12.8. The fourth-order valence-electron chi connectivity index (χ4n) is 16.5. The molecule has 6 nitrogen and oxygen atoms in total. The highest BCUT2D eigenvalue weighted by atomic mass is 15.2. The molecule has 4 heterocycles. The second-order valence-electron chi connectivity index (χ2n) is 25.3. The van der Waals surface area contributed by atoms with Gasteiger partial charge in [0.05, 0.1) is 5.69 Å². The molecular weight excluding hydrogens is 1070 g/mol. The molecule has 11 aromatic carbocycles. The fraction of sp³-hybridized carbons (Fsp3) is 0.175. The molecule has 0 saturated heterocycles. The van der Waals surface area contributed by atoms with Gasteiger partial charge in [-0.1, -0.05) is 190 Å². The van der Waals surface area contributed by atoms with Crippen LogP contribution in [-0.4, -0.2) is 25.5 Å². The molecule has 2 fully saturated rings. The van der Waals surface area contributed by atoms with Gasteiger partial charge in [-0.2, -0.15) is 0 Å². The molecule has 4 aliphatic heterocycles. The van der Waals surface area contributed by atoms with Crippen molar-refractivity contribution in [1.29, 1.82) is 0 Å². The van der Waals surface area contributed by atoms with Gasteiger partial charge in [0, 0.05) is 97.4 Å². The lowest BCUT2D eigenvalue weighted by Gasteiger charge is -2.48. The largest absolute Gasteiger partial charge is 0.365 e. The highest BCUT2D eigenvalue weighted by Crippen LogP contribution is 2.52. The van der Waals surface area contributed by atoms with Crippen LogP contribution in [0.5, 0.6) is 0 Å². The van der Waals surface area contributed by atoms with Crippen LogP contribution in [-0.2, 0) is 0 Å². The van der Waals surface area contributed by atoms with Crippen LogP contribution in [0.4, 0.5) is 91.0 Å². The minimum absolute atomic E-state index is 0.0712. The smallest absolute Gasteiger partial charge is 0.252 e. The van der Waals surface area contributed by atoms with Gasteiger partial charge < -0.3 is 29.4 Å². The molecule has 426 valence electrons. The van der Waals surface area contributed by atoms with Gasteiger partial charge in [0.1, 0.15) is 0 Å². The molecule has 0 atom stereocenters. The molecule has 0 amide bonds. The molecule has 0 aromatic heterocycles. The van der Waals surface area contributed by atoms with Crippen LogP contribution in [0.1, 0.15) is 75.3 Å². The molecule has 0 bridgehead atoms. The van der Waals surface area contributed by atoms with Crippen molar-refractivity contribution < 1.29 is 0 Å². The van der Waals surface area contributed by atoms with E-state index in [2.05, 4.69) is 298 Å². The quantitative estimate of drug-likeness (QED) is 0.126. The van der Waals surface area contributed by atoms with Crippen molar-refractivity contribution in [2.24, 2.45) is 0 Å². The standard InChI is InChI=1S/C80H70B2N6/c1-55-29-21-25-45-69(55)88(70-46-26-22-30-56(70)2)64-51-76-80-78(52-64)87(62-41-19-8-20-42-62)74-54-73-67(53-68(74)82(80)66-44-24-28-48-72(66)85(76)60-37-15-6-16-38-60)81-65-43-23-27-47-71(65)84(59-35-13-5-14-36-59)75-49-63(50-77(79(75)81)86(73)61-39-17-7-18-40-61)83(57-31-9-3-10-32-57)58-33-11-4-12-34-58/h5-8,13-30,35-54,57-58H,3-4,9-12,31-34H2,1-2H3. The molecule has 88 heavy (non-hydrogen) atoms. The number of hydrogen-bond acceptors (Lipinski definition) is 6. The van der Waals surface area contributed by atoms with E-state index in [0.29, 0.717) is 12.1 Å². The first-order chi connectivity index (χ1) is 43.6. The van der Waals surface area contributed by atoms with Crippen LogP contribution in [0.15, 0.2) is 255 Å². The van der Waals surface area contributed by atoms with Crippen molar-refractivity contribution in [3.8, 4) is 0 Å². The molecule has 0 spiro atoms. The molecule has 2 aliphatic carbocycles. The third kappa shape index (κ3) is 8.46. The summed E-state index contributed by atoms with van der Waals surface area (Å²) in [6, 6.07) is 97.9. The second kappa shape index (κ2) is 21.6.